The van der Waals surface area contributed by atoms with E-state index in [4.69, 9.17) is 5.11 Å². The Bertz CT molecular complexity index is 562. The van der Waals surface area contributed by atoms with E-state index in [9.17, 15) is 4.79 Å². The Hall–Kier alpha value is -2.17. The number of carboxylic acids is 1. The zero-order valence-corrected chi connectivity index (χ0v) is 9.08. The summed E-state index contributed by atoms with van der Waals surface area (Å²) in [5.74, 6) is -0.259. The van der Waals surface area contributed by atoms with E-state index in [0.29, 0.717) is 0 Å². The third kappa shape index (κ3) is 1.60. The van der Waals surface area contributed by atoms with Crippen LogP contribution in [0.2, 0.25) is 0 Å². The zero-order chi connectivity index (χ0) is 11.8. The first kappa shape index (κ1) is 10.0. The first-order valence-electron chi connectivity index (χ1n) is 5.48. The van der Waals surface area contributed by atoms with Crippen molar-refractivity contribution in [1.29, 1.82) is 0 Å². The number of carbonyl (C=O) groups is 1. The predicted octanol–water partition coefficient (Wildman–Crippen LogP) is 1.51. The highest BCUT2D eigenvalue weighted by atomic mass is 16.4. The zero-order valence-electron chi connectivity index (χ0n) is 9.08. The number of hydrogen-bond donors (Lipinski definition) is 1. The first-order valence-corrected chi connectivity index (χ1v) is 5.48. The molecule has 0 amide bonds. The lowest BCUT2D eigenvalue weighted by Crippen LogP contribution is -2.02. The van der Waals surface area contributed by atoms with Gasteiger partial charge in [0.2, 0.25) is 0 Å². The van der Waals surface area contributed by atoms with Crippen LogP contribution in [0.5, 0.6) is 0 Å². The second-order valence-electron chi connectivity index (χ2n) is 4.07. The number of aryl methyl sites for hydroxylation is 1. The van der Waals surface area contributed by atoms with Gasteiger partial charge in [-0.3, -0.25) is 0 Å². The van der Waals surface area contributed by atoms with Crippen molar-refractivity contribution < 1.29 is 9.90 Å². The van der Waals surface area contributed by atoms with Crippen molar-refractivity contribution in [2.24, 2.45) is 0 Å². The third-order valence-electron chi connectivity index (χ3n) is 3.03. The van der Waals surface area contributed by atoms with Crippen molar-refractivity contribution in [1.82, 2.24) is 14.8 Å². The van der Waals surface area contributed by atoms with Gasteiger partial charge in [-0.2, -0.15) is 0 Å². The molecule has 1 atom stereocenters. The SMILES string of the molecule is O=C(O)c1nc2n(n1)CCC2c1ccccc1. The topological polar surface area (TPSA) is 68.0 Å². The van der Waals surface area contributed by atoms with Crippen LogP contribution in [0.25, 0.3) is 0 Å². The van der Waals surface area contributed by atoms with Crippen LogP contribution in [-0.4, -0.2) is 25.8 Å². The fourth-order valence-electron chi connectivity index (χ4n) is 2.25. The van der Waals surface area contributed by atoms with Gasteiger partial charge in [0, 0.05) is 12.5 Å². The van der Waals surface area contributed by atoms with E-state index in [1.54, 1.807) is 4.68 Å². The molecule has 0 spiro atoms. The van der Waals surface area contributed by atoms with Gasteiger partial charge in [-0.05, 0) is 12.0 Å². The van der Waals surface area contributed by atoms with Gasteiger partial charge < -0.3 is 5.11 Å². The maximum atomic E-state index is 10.8. The molecular formula is C12H11N3O2. The lowest BCUT2D eigenvalue weighted by Gasteiger charge is -2.07. The minimum atomic E-state index is -1.07. The molecule has 1 aromatic heterocycles. The predicted molar refractivity (Wildman–Crippen MR) is 59.9 cm³/mol. The second-order valence-corrected chi connectivity index (χ2v) is 4.07. The van der Waals surface area contributed by atoms with Crippen molar-refractivity contribution in [2.45, 2.75) is 18.9 Å². The summed E-state index contributed by atoms with van der Waals surface area (Å²) in [7, 11) is 0. The lowest BCUT2D eigenvalue weighted by atomic mass is 9.97. The van der Waals surface area contributed by atoms with Gasteiger partial charge in [-0.1, -0.05) is 30.3 Å². The largest absolute Gasteiger partial charge is 0.475 e. The molecule has 0 radical (unpaired) electrons. The molecule has 1 unspecified atom stereocenters. The summed E-state index contributed by atoms with van der Waals surface area (Å²) in [5.41, 5.74) is 1.16. The van der Waals surface area contributed by atoms with Crippen molar-refractivity contribution in [3.63, 3.8) is 0 Å². The molecule has 1 aliphatic rings. The molecule has 1 aromatic carbocycles. The Balaban J connectivity index is 2.01. The van der Waals surface area contributed by atoms with Crippen LogP contribution in [-0.2, 0) is 6.54 Å². The Labute approximate surface area is 97.7 Å². The number of rotatable bonds is 2. The van der Waals surface area contributed by atoms with Crippen molar-refractivity contribution in [3.8, 4) is 0 Å². The molecule has 2 heterocycles. The van der Waals surface area contributed by atoms with Crippen LogP contribution in [0.15, 0.2) is 30.3 Å². The monoisotopic (exact) mass is 229 g/mol. The summed E-state index contributed by atoms with van der Waals surface area (Å²) in [5, 5.41) is 12.8. The molecule has 0 saturated heterocycles. The van der Waals surface area contributed by atoms with E-state index in [-0.39, 0.29) is 11.7 Å². The Morgan fingerprint density at radius 2 is 2.12 bits per heavy atom. The van der Waals surface area contributed by atoms with Crippen LogP contribution in [0.1, 0.15) is 34.3 Å². The Morgan fingerprint density at radius 3 is 2.82 bits per heavy atom. The van der Waals surface area contributed by atoms with Crippen molar-refractivity contribution in [3.05, 3.63) is 47.5 Å². The summed E-state index contributed by atoms with van der Waals surface area (Å²) >= 11 is 0. The number of fused-ring (bicyclic) bond motifs is 1. The van der Waals surface area contributed by atoms with E-state index in [1.807, 2.05) is 30.3 Å². The van der Waals surface area contributed by atoms with Gasteiger partial charge in [0.1, 0.15) is 5.82 Å². The molecule has 3 rings (SSSR count). The van der Waals surface area contributed by atoms with Crippen molar-refractivity contribution in [2.75, 3.05) is 0 Å². The summed E-state index contributed by atoms with van der Waals surface area (Å²) in [6, 6.07) is 10.00. The third-order valence-corrected chi connectivity index (χ3v) is 3.03. The quantitative estimate of drug-likeness (QED) is 0.847. The number of aromatic nitrogens is 3. The first-order chi connectivity index (χ1) is 8.25. The number of carboxylic acid groups (broad SMARTS) is 1. The smallest absolute Gasteiger partial charge is 0.375 e. The van der Waals surface area contributed by atoms with Crippen LogP contribution in [0.4, 0.5) is 0 Å². The van der Waals surface area contributed by atoms with Gasteiger partial charge in [0.05, 0.1) is 0 Å². The molecule has 5 heteroatoms. The average molecular weight is 229 g/mol. The maximum Gasteiger partial charge on any atom is 0.375 e. The van der Waals surface area contributed by atoms with E-state index < -0.39 is 5.97 Å². The standard InChI is InChI=1S/C12H11N3O2/c16-12(17)10-13-11-9(6-7-15(11)14-10)8-4-2-1-3-5-8/h1-5,9H,6-7H2,(H,16,17). The average Bonchev–Trinajstić information content (AvgIpc) is 2.89. The molecule has 2 aromatic rings. The molecule has 86 valence electrons. The summed E-state index contributed by atoms with van der Waals surface area (Å²) < 4.78 is 1.70. The fourth-order valence-corrected chi connectivity index (χ4v) is 2.25. The molecule has 1 N–H and O–H groups in total. The Kier molecular flexibility index (Phi) is 2.18. The molecule has 0 bridgehead atoms. The highest BCUT2D eigenvalue weighted by Gasteiger charge is 2.29. The fraction of sp³-hybridized carbons (Fsp3) is 0.250. The van der Waals surface area contributed by atoms with Crippen molar-refractivity contribution >= 4 is 5.97 Å². The highest BCUT2D eigenvalue weighted by molar-refractivity contribution is 5.83. The molecule has 17 heavy (non-hydrogen) atoms. The van der Waals surface area contributed by atoms with Crippen LogP contribution in [0, 0.1) is 0 Å². The lowest BCUT2D eigenvalue weighted by molar-refractivity contribution is 0.0683. The van der Waals surface area contributed by atoms with Gasteiger partial charge in [-0.25, -0.2) is 14.5 Å². The molecule has 1 aliphatic heterocycles. The summed E-state index contributed by atoms with van der Waals surface area (Å²) in [6.07, 6.45) is 0.930. The normalized spacial score (nSPS) is 18.0. The van der Waals surface area contributed by atoms with Gasteiger partial charge in [-0.15, -0.1) is 5.10 Å². The highest BCUT2D eigenvalue weighted by Crippen LogP contribution is 2.32. The number of nitrogens with zero attached hydrogens (tertiary/aromatic N) is 3. The maximum absolute atomic E-state index is 10.8. The number of aromatic carboxylic acids is 1. The van der Waals surface area contributed by atoms with Crippen LogP contribution >= 0.6 is 0 Å². The van der Waals surface area contributed by atoms with Crippen LogP contribution in [0.3, 0.4) is 0 Å². The molecule has 5 nitrogen and oxygen atoms in total. The molecular weight excluding hydrogens is 218 g/mol. The number of benzene rings is 1. The van der Waals surface area contributed by atoms with Gasteiger partial charge >= 0.3 is 5.97 Å². The van der Waals surface area contributed by atoms with Gasteiger partial charge in [0.25, 0.3) is 5.82 Å². The minimum Gasteiger partial charge on any atom is -0.475 e. The molecule has 0 saturated carbocycles. The minimum absolute atomic E-state index is 0.111. The second kappa shape index (κ2) is 3.69. The Morgan fingerprint density at radius 1 is 1.35 bits per heavy atom. The van der Waals surface area contributed by atoms with Crippen LogP contribution < -0.4 is 0 Å². The van der Waals surface area contributed by atoms with E-state index in [2.05, 4.69) is 10.1 Å². The van der Waals surface area contributed by atoms with E-state index in [1.165, 1.54) is 0 Å². The summed E-state index contributed by atoms with van der Waals surface area (Å²) in [4.78, 5) is 14.9. The molecule has 0 fully saturated rings. The summed E-state index contributed by atoms with van der Waals surface area (Å²) in [6.45, 7) is 0.731. The van der Waals surface area contributed by atoms with E-state index in [0.717, 1.165) is 24.4 Å². The molecule has 0 aliphatic carbocycles. The van der Waals surface area contributed by atoms with E-state index >= 15 is 0 Å². The number of hydrogen-bond acceptors (Lipinski definition) is 3. The van der Waals surface area contributed by atoms with Gasteiger partial charge in [0.15, 0.2) is 0 Å².